The van der Waals surface area contributed by atoms with E-state index in [0.29, 0.717) is 5.56 Å². The van der Waals surface area contributed by atoms with Crippen LogP contribution in [-0.4, -0.2) is 4.98 Å². The molecule has 2 rings (SSSR count). The quantitative estimate of drug-likeness (QED) is 0.858. The van der Waals surface area contributed by atoms with Gasteiger partial charge in [0.05, 0.1) is 6.04 Å². The first-order valence-corrected chi connectivity index (χ1v) is 5.42. The molecule has 0 spiro atoms. The van der Waals surface area contributed by atoms with Crippen molar-refractivity contribution in [2.75, 3.05) is 5.73 Å². The Morgan fingerprint density at radius 1 is 1.22 bits per heavy atom. The van der Waals surface area contributed by atoms with Gasteiger partial charge in [-0.2, -0.15) is 0 Å². The normalized spacial score (nSPS) is 12.4. The lowest BCUT2D eigenvalue weighted by Gasteiger charge is -2.16. The maximum Gasteiger partial charge on any atom is 0.131 e. The number of aromatic nitrogens is 1. The van der Waals surface area contributed by atoms with Gasteiger partial charge in [-0.3, -0.25) is 0 Å². The zero-order valence-electron chi connectivity index (χ0n) is 9.82. The van der Waals surface area contributed by atoms with Crippen molar-refractivity contribution in [1.82, 2.24) is 4.98 Å². The highest BCUT2D eigenvalue weighted by atomic mass is 19.1. The van der Waals surface area contributed by atoms with Gasteiger partial charge in [0.25, 0.3) is 0 Å². The number of rotatable bonds is 2. The van der Waals surface area contributed by atoms with Crippen molar-refractivity contribution in [1.29, 1.82) is 0 Å². The van der Waals surface area contributed by atoms with E-state index in [2.05, 4.69) is 4.98 Å². The smallest absolute Gasteiger partial charge is 0.131 e. The molecule has 18 heavy (non-hydrogen) atoms. The molecule has 1 unspecified atom stereocenters. The number of hydrogen-bond donors (Lipinski definition) is 2. The van der Waals surface area contributed by atoms with E-state index in [4.69, 9.17) is 11.5 Å². The molecule has 0 bridgehead atoms. The number of aryl methyl sites for hydroxylation is 1. The number of nitrogens with two attached hydrogens (primary N) is 2. The molecule has 1 aromatic carbocycles. The minimum absolute atomic E-state index is 0.177. The van der Waals surface area contributed by atoms with E-state index in [0.717, 1.165) is 17.7 Å². The van der Waals surface area contributed by atoms with Crippen LogP contribution in [0.5, 0.6) is 0 Å². The largest absolute Gasteiger partial charge is 0.383 e. The second kappa shape index (κ2) is 4.70. The summed E-state index contributed by atoms with van der Waals surface area (Å²) in [4.78, 5) is 3.94. The number of nitrogen functional groups attached to an aromatic ring is 1. The Bertz CT molecular complexity index is 564. The monoisotopic (exact) mass is 249 g/mol. The molecule has 1 aromatic heterocycles. The molecule has 0 radical (unpaired) electrons. The van der Waals surface area contributed by atoms with Gasteiger partial charge in [0.2, 0.25) is 0 Å². The van der Waals surface area contributed by atoms with Gasteiger partial charge in [0, 0.05) is 17.3 Å². The summed E-state index contributed by atoms with van der Waals surface area (Å²) in [5, 5.41) is 0. The summed E-state index contributed by atoms with van der Waals surface area (Å²) in [6.07, 6.45) is 1.57. The fraction of sp³-hybridized carbons (Fsp3) is 0.154. The van der Waals surface area contributed by atoms with Gasteiger partial charge in [-0.15, -0.1) is 0 Å². The summed E-state index contributed by atoms with van der Waals surface area (Å²) >= 11 is 0. The summed E-state index contributed by atoms with van der Waals surface area (Å²) in [6, 6.07) is 4.33. The third kappa shape index (κ3) is 2.17. The van der Waals surface area contributed by atoms with Crippen molar-refractivity contribution in [2.24, 2.45) is 5.73 Å². The summed E-state index contributed by atoms with van der Waals surface area (Å²) < 4.78 is 27.3. The number of pyridine rings is 1. The number of halogens is 2. The van der Waals surface area contributed by atoms with Crippen LogP contribution < -0.4 is 11.5 Å². The van der Waals surface area contributed by atoms with E-state index in [1.165, 1.54) is 6.07 Å². The lowest BCUT2D eigenvalue weighted by atomic mass is 9.98. The van der Waals surface area contributed by atoms with Crippen LogP contribution in [0, 0.1) is 18.6 Å². The first-order chi connectivity index (χ1) is 8.50. The molecule has 0 aliphatic carbocycles. The van der Waals surface area contributed by atoms with Crippen molar-refractivity contribution in [2.45, 2.75) is 13.0 Å². The zero-order valence-corrected chi connectivity index (χ0v) is 9.82. The van der Waals surface area contributed by atoms with Crippen molar-refractivity contribution in [3.05, 3.63) is 58.8 Å². The molecule has 2 aromatic rings. The van der Waals surface area contributed by atoms with Crippen LogP contribution in [0.2, 0.25) is 0 Å². The SMILES string of the molecule is Cc1cnc(N)c(C(N)c2c(F)cccc2F)c1. The lowest BCUT2D eigenvalue weighted by Crippen LogP contribution is -2.18. The first-order valence-electron chi connectivity index (χ1n) is 5.42. The average Bonchev–Trinajstić information content (AvgIpc) is 2.32. The minimum Gasteiger partial charge on any atom is -0.383 e. The van der Waals surface area contributed by atoms with E-state index in [9.17, 15) is 8.78 Å². The van der Waals surface area contributed by atoms with Crippen molar-refractivity contribution in [3.8, 4) is 0 Å². The van der Waals surface area contributed by atoms with Crippen LogP contribution in [-0.2, 0) is 0 Å². The number of nitrogens with zero attached hydrogens (tertiary/aromatic N) is 1. The molecule has 4 N–H and O–H groups in total. The maximum atomic E-state index is 13.6. The standard InChI is InChI=1S/C13H13F2N3/c1-7-5-8(13(17)18-6-7)12(16)11-9(14)3-2-4-10(11)15/h2-6,12H,16H2,1H3,(H2,17,18). The van der Waals surface area contributed by atoms with Crippen LogP contribution in [0.15, 0.2) is 30.5 Å². The molecule has 94 valence electrons. The summed E-state index contributed by atoms with van der Waals surface area (Å²) in [5.74, 6) is -1.21. The molecular weight excluding hydrogens is 236 g/mol. The molecule has 0 fully saturated rings. The second-order valence-corrected chi connectivity index (χ2v) is 4.10. The van der Waals surface area contributed by atoms with Crippen LogP contribution in [0.4, 0.5) is 14.6 Å². The zero-order chi connectivity index (χ0) is 13.3. The molecular formula is C13H13F2N3. The molecule has 1 atom stereocenters. The topological polar surface area (TPSA) is 64.9 Å². The Morgan fingerprint density at radius 3 is 2.44 bits per heavy atom. The molecule has 0 aliphatic heterocycles. The van der Waals surface area contributed by atoms with Crippen LogP contribution in [0.3, 0.4) is 0 Å². The Balaban J connectivity index is 2.54. The minimum atomic E-state index is -0.974. The van der Waals surface area contributed by atoms with Gasteiger partial charge in [0.1, 0.15) is 17.5 Å². The highest BCUT2D eigenvalue weighted by Gasteiger charge is 2.20. The second-order valence-electron chi connectivity index (χ2n) is 4.10. The Labute approximate surface area is 103 Å². The molecule has 1 heterocycles. The average molecular weight is 249 g/mol. The van der Waals surface area contributed by atoms with E-state index in [1.807, 2.05) is 0 Å². The summed E-state index contributed by atoms with van der Waals surface area (Å²) in [6.45, 7) is 1.81. The summed E-state index contributed by atoms with van der Waals surface area (Å²) in [5.41, 5.74) is 12.6. The van der Waals surface area contributed by atoms with Gasteiger partial charge < -0.3 is 11.5 Å². The van der Waals surface area contributed by atoms with Crippen LogP contribution in [0.1, 0.15) is 22.7 Å². The van der Waals surface area contributed by atoms with Crippen molar-refractivity contribution < 1.29 is 8.78 Å². The molecule has 5 heteroatoms. The Hall–Kier alpha value is -2.01. The van der Waals surface area contributed by atoms with E-state index in [-0.39, 0.29) is 11.4 Å². The Morgan fingerprint density at radius 2 is 1.83 bits per heavy atom. The predicted octanol–water partition coefficient (Wildman–Crippen LogP) is 2.30. The van der Waals surface area contributed by atoms with Crippen LogP contribution in [0.25, 0.3) is 0 Å². The van der Waals surface area contributed by atoms with E-state index >= 15 is 0 Å². The van der Waals surface area contributed by atoms with Gasteiger partial charge >= 0.3 is 0 Å². The van der Waals surface area contributed by atoms with E-state index in [1.54, 1.807) is 19.2 Å². The van der Waals surface area contributed by atoms with E-state index < -0.39 is 17.7 Å². The highest BCUT2D eigenvalue weighted by molar-refractivity contribution is 5.47. The summed E-state index contributed by atoms with van der Waals surface area (Å²) in [7, 11) is 0. The van der Waals surface area contributed by atoms with Gasteiger partial charge in [0.15, 0.2) is 0 Å². The van der Waals surface area contributed by atoms with Gasteiger partial charge in [-0.1, -0.05) is 6.07 Å². The third-order valence-electron chi connectivity index (χ3n) is 2.73. The van der Waals surface area contributed by atoms with Gasteiger partial charge in [-0.25, -0.2) is 13.8 Å². The fourth-order valence-electron chi connectivity index (χ4n) is 1.81. The Kier molecular flexibility index (Phi) is 3.25. The predicted molar refractivity (Wildman–Crippen MR) is 65.8 cm³/mol. The number of hydrogen-bond acceptors (Lipinski definition) is 3. The van der Waals surface area contributed by atoms with Gasteiger partial charge in [-0.05, 0) is 30.7 Å². The number of anilines is 1. The molecule has 0 saturated heterocycles. The molecule has 0 saturated carbocycles. The third-order valence-corrected chi connectivity index (χ3v) is 2.73. The highest BCUT2D eigenvalue weighted by Crippen LogP contribution is 2.27. The molecule has 3 nitrogen and oxygen atoms in total. The fourth-order valence-corrected chi connectivity index (χ4v) is 1.81. The first kappa shape index (κ1) is 12.4. The lowest BCUT2D eigenvalue weighted by molar-refractivity contribution is 0.543. The number of benzene rings is 1. The van der Waals surface area contributed by atoms with Crippen molar-refractivity contribution in [3.63, 3.8) is 0 Å². The van der Waals surface area contributed by atoms with Crippen LogP contribution >= 0.6 is 0 Å². The van der Waals surface area contributed by atoms with Crippen molar-refractivity contribution >= 4 is 5.82 Å². The maximum absolute atomic E-state index is 13.6. The molecule has 0 amide bonds. The molecule has 0 aliphatic rings.